The van der Waals surface area contributed by atoms with Crippen LogP contribution in [-0.4, -0.2) is 39.0 Å². The molecule has 1 aliphatic rings. The minimum Gasteiger partial charge on any atom is -0.382 e. The summed E-state index contributed by atoms with van der Waals surface area (Å²) in [6, 6.07) is 0.633. The molecule has 3 nitrogen and oxygen atoms in total. The van der Waals surface area contributed by atoms with E-state index >= 15 is 0 Å². The van der Waals surface area contributed by atoms with Crippen LogP contribution in [-0.2, 0) is 9.47 Å². The van der Waals surface area contributed by atoms with Gasteiger partial charge in [-0.25, -0.2) is 0 Å². The van der Waals surface area contributed by atoms with Crippen LogP contribution in [0.15, 0.2) is 0 Å². The van der Waals surface area contributed by atoms with Crippen LogP contribution >= 0.6 is 0 Å². The zero-order chi connectivity index (χ0) is 10.4. The van der Waals surface area contributed by atoms with E-state index in [1.807, 2.05) is 0 Å². The molecule has 1 aliphatic heterocycles. The molecule has 0 spiro atoms. The molecule has 3 atom stereocenters. The normalized spacial score (nSPS) is 34.1. The fraction of sp³-hybridized carbons (Fsp3) is 1.00. The summed E-state index contributed by atoms with van der Waals surface area (Å²) in [5, 5.41) is 3.50. The van der Waals surface area contributed by atoms with Crippen molar-refractivity contribution in [2.45, 2.75) is 38.8 Å². The zero-order valence-electron chi connectivity index (χ0n) is 9.58. The van der Waals surface area contributed by atoms with Gasteiger partial charge in [0.1, 0.15) is 0 Å². The molecule has 0 radical (unpaired) electrons. The Morgan fingerprint density at radius 2 is 2.00 bits per heavy atom. The van der Waals surface area contributed by atoms with Crippen molar-refractivity contribution in [1.29, 1.82) is 0 Å². The smallest absolute Gasteiger partial charge is 0.0704 e. The lowest BCUT2D eigenvalue weighted by atomic mass is 10.0. The SMILES string of the molecule is COCCOC1CCC(C)NCC1C. The van der Waals surface area contributed by atoms with Gasteiger partial charge < -0.3 is 14.8 Å². The standard InChI is InChI=1S/C11H23NO2/c1-9-8-12-10(2)4-5-11(9)14-7-6-13-3/h9-12H,4-8H2,1-3H3. The number of ether oxygens (including phenoxy) is 2. The molecule has 0 aliphatic carbocycles. The summed E-state index contributed by atoms with van der Waals surface area (Å²) in [4.78, 5) is 0. The van der Waals surface area contributed by atoms with E-state index in [4.69, 9.17) is 9.47 Å². The Hall–Kier alpha value is -0.120. The molecule has 0 aromatic rings. The van der Waals surface area contributed by atoms with Gasteiger partial charge in [-0.1, -0.05) is 6.92 Å². The van der Waals surface area contributed by atoms with Crippen molar-refractivity contribution >= 4 is 0 Å². The number of hydrogen-bond acceptors (Lipinski definition) is 3. The first-order chi connectivity index (χ1) is 6.74. The van der Waals surface area contributed by atoms with Crippen molar-refractivity contribution in [2.75, 3.05) is 26.9 Å². The minimum absolute atomic E-state index is 0.405. The van der Waals surface area contributed by atoms with E-state index < -0.39 is 0 Å². The summed E-state index contributed by atoms with van der Waals surface area (Å²) in [5.41, 5.74) is 0. The van der Waals surface area contributed by atoms with Crippen molar-refractivity contribution in [3.05, 3.63) is 0 Å². The van der Waals surface area contributed by atoms with Crippen LogP contribution in [0.25, 0.3) is 0 Å². The lowest BCUT2D eigenvalue weighted by molar-refractivity contribution is -0.00976. The van der Waals surface area contributed by atoms with Crippen molar-refractivity contribution in [3.63, 3.8) is 0 Å². The highest BCUT2D eigenvalue weighted by Gasteiger charge is 2.22. The molecule has 0 aromatic carbocycles. The molecule has 3 unspecified atom stereocenters. The fourth-order valence-electron chi connectivity index (χ4n) is 1.85. The molecule has 0 saturated carbocycles. The summed E-state index contributed by atoms with van der Waals surface area (Å²) in [7, 11) is 1.71. The molecule has 0 aromatic heterocycles. The molecule has 14 heavy (non-hydrogen) atoms. The Balaban J connectivity index is 2.26. The maximum absolute atomic E-state index is 5.80. The van der Waals surface area contributed by atoms with Crippen molar-refractivity contribution in [1.82, 2.24) is 5.32 Å². The van der Waals surface area contributed by atoms with Crippen molar-refractivity contribution in [2.24, 2.45) is 5.92 Å². The third kappa shape index (κ3) is 3.95. The van der Waals surface area contributed by atoms with Gasteiger partial charge in [-0.2, -0.15) is 0 Å². The number of rotatable bonds is 4. The summed E-state index contributed by atoms with van der Waals surface area (Å²) < 4.78 is 10.8. The van der Waals surface area contributed by atoms with E-state index in [9.17, 15) is 0 Å². The highest BCUT2D eigenvalue weighted by molar-refractivity contribution is 4.77. The monoisotopic (exact) mass is 201 g/mol. The predicted octanol–water partition coefficient (Wildman–Crippen LogP) is 1.43. The second-order valence-corrected chi connectivity index (χ2v) is 4.27. The molecule has 1 fully saturated rings. The first kappa shape index (κ1) is 12.0. The van der Waals surface area contributed by atoms with E-state index in [1.54, 1.807) is 7.11 Å². The molecule has 1 rings (SSSR count). The lowest BCUT2D eigenvalue weighted by Crippen LogP contribution is -2.30. The van der Waals surface area contributed by atoms with Crippen LogP contribution in [0.4, 0.5) is 0 Å². The molecule has 84 valence electrons. The van der Waals surface area contributed by atoms with Crippen LogP contribution < -0.4 is 5.32 Å². The van der Waals surface area contributed by atoms with Gasteiger partial charge in [-0.3, -0.25) is 0 Å². The van der Waals surface area contributed by atoms with Gasteiger partial charge in [0, 0.05) is 19.7 Å². The van der Waals surface area contributed by atoms with Gasteiger partial charge in [-0.15, -0.1) is 0 Å². The van der Waals surface area contributed by atoms with E-state index in [-0.39, 0.29) is 0 Å². The number of hydrogen-bond donors (Lipinski definition) is 1. The van der Waals surface area contributed by atoms with Gasteiger partial charge in [0.25, 0.3) is 0 Å². The Morgan fingerprint density at radius 3 is 2.71 bits per heavy atom. The van der Waals surface area contributed by atoms with Crippen LogP contribution in [0.2, 0.25) is 0 Å². The van der Waals surface area contributed by atoms with Crippen molar-refractivity contribution < 1.29 is 9.47 Å². The van der Waals surface area contributed by atoms with Crippen LogP contribution in [0, 0.1) is 5.92 Å². The van der Waals surface area contributed by atoms with Gasteiger partial charge in [0.15, 0.2) is 0 Å². The van der Waals surface area contributed by atoms with Gasteiger partial charge in [0.2, 0.25) is 0 Å². The third-order valence-corrected chi connectivity index (χ3v) is 2.93. The first-order valence-corrected chi connectivity index (χ1v) is 5.58. The third-order valence-electron chi connectivity index (χ3n) is 2.93. The maximum atomic E-state index is 5.80. The predicted molar refractivity (Wildman–Crippen MR) is 57.5 cm³/mol. The highest BCUT2D eigenvalue weighted by atomic mass is 16.5. The van der Waals surface area contributed by atoms with Gasteiger partial charge in [-0.05, 0) is 25.7 Å². The summed E-state index contributed by atoms with van der Waals surface area (Å²) in [6.45, 7) is 6.98. The van der Waals surface area contributed by atoms with Crippen LogP contribution in [0.3, 0.4) is 0 Å². The quantitative estimate of drug-likeness (QED) is 0.698. The Labute approximate surface area is 87.2 Å². The molecular weight excluding hydrogens is 178 g/mol. The van der Waals surface area contributed by atoms with E-state index in [2.05, 4.69) is 19.2 Å². The summed E-state index contributed by atoms with van der Waals surface area (Å²) in [6.07, 6.45) is 2.78. The van der Waals surface area contributed by atoms with Crippen molar-refractivity contribution in [3.8, 4) is 0 Å². The topological polar surface area (TPSA) is 30.5 Å². The molecule has 3 heteroatoms. The maximum Gasteiger partial charge on any atom is 0.0704 e. The lowest BCUT2D eigenvalue weighted by Gasteiger charge is -2.21. The Bertz CT molecular complexity index is 152. The zero-order valence-corrected chi connectivity index (χ0v) is 9.58. The first-order valence-electron chi connectivity index (χ1n) is 5.58. The summed E-state index contributed by atoms with van der Waals surface area (Å²) in [5.74, 6) is 0.608. The largest absolute Gasteiger partial charge is 0.382 e. The van der Waals surface area contributed by atoms with Crippen LogP contribution in [0.1, 0.15) is 26.7 Å². The minimum atomic E-state index is 0.405. The van der Waals surface area contributed by atoms with Gasteiger partial charge >= 0.3 is 0 Å². The molecule has 1 saturated heterocycles. The number of nitrogens with one attached hydrogen (secondary N) is 1. The average Bonchev–Trinajstić information content (AvgIpc) is 2.33. The second kappa shape index (κ2) is 6.38. The van der Waals surface area contributed by atoms with E-state index in [0.717, 1.165) is 13.2 Å². The van der Waals surface area contributed by atoms with Crippen LogP contribution in [0.5, 0.6) is 0 Å². The molecule has 1 heterocycles. The van der Waals surface area contributed by atoms with E-state index in [1.165, 1.54) is 12.8 Å². The molecule has 0 bridgehead atoms. The Morgan fingerprint density at radius 1 is 1.21 bits per heavy atom. The Kier molecular flexibility index (Phi) is 5.45. The number of methoxy groups -OCH3 is 1. The van der Waals surface area contributed by atoms with Gasteiger partial charge in [0.05, 0.1) is 19.3 Å². The highest BCUT2D eigenvalue weighted by Crippen LogP contribution is 2.17. The molecule has 1 N–H and O–H groups in total. The average molecular weight is 201 g/mol. The summed E-state index contributed by atoms with van der Waals surface area (Å²) >= 11 is 0. The second-order valence-electron chi connectivity index (χ2n) is 4.27. The van der Waals surface area contributed by atoms with E-state index in [0.29, 0.717) is 24.7 Å². The molecule has 0 amide bonds. The fourth-order valence-corrected chi connectivity index (χ4v) is 1.85. The molecular formula is C11H23NO2.